The van der Waals surface area contributed by atoms with Crippen molar-refractivity contribution < 1.29 is 18.9 Å². The van der Waals surface area contributed by atoms with Crippen LogP contribution < -0.4 is 10.0 Å². The summed E-state index contributed by atoms with van der Waals surface area (Å²) < 4.78 is 24.5. The second-order valence-corrected chi connectivity index (χ2v) is 20.4. The third-order valence-electron chi connectivity index (χ3n) is 6.24. The normalized spacial score (nSPS) is 13.8. The first-order valence-electron chi connectivity index (χ1n) is 14.1. The number of unbranched alkanes of at least 4 members (excludes halogenated alkanes) is 3. The van der Waals surface area contributed by atoms with E-state index in [9.17, 15) is 14.1 Å². The number of nitrogens with zero attached hydrogens (tertiary/aromatic N) is 2. The largest absolute Gasteiger partial charge is 0.598 e. The Balaban J connectivity index is 3.30. The maximum Gasteiger partial charge on any atom is 0.271 e. The Hall–Kier alpha value is -0.983. The average molecular weight is 648 g/mol. The van der Waals surface area contributed by atoms with Gasteiger partial charge in [-0.1, -0.05) is 45.5 Å². The molecule has 0 saturated carbocycles. The van der Waals surface area contributed by atoms with Crippen molar-refractivity contribution in [1.82, 2.24) is 19.6 Å². The highest BCUT2D eigenvalue weighted by Crippen LogP contribution is 2.30. The summed E-state index contributed by atoms with van der Waals surface area (Å²) in [5, 5.41) is 2.98. The summed E-state index contributed by atoms with van der Waals surface area (Å²) in [6.07, 6.45) is 7.72. The van der Waals surface area contributed by atoms with Crippen LogP contribution in [-0.2, 0) is 27.6 Å². The number of Topliss-reactive ketones (excluding diaryl/α,β-unsaturated/α-hetero) is 1. The smallest absolute Gasteiger partial charge is 0.271 e. The number of ketones is 1. The highest BCUT2D eigenvalue weighted by atomic mass is 79.9. The predicted molar refractivity (Wildman–Crippen MR) is 168 cm³/mol. The van der Waals surface area contributed by atoms with E-state index in [-0.39, 0.29) is 24.5 Å². The molecule has 2 atom stereocenters. The topological polar surface area (TPSA) is 108 Å². The van der Waals surface area contributed by atoms with Crippen LogP contribution in [0.15, 0.2) is 17.4 Å². The fourth-order valence-electron chi connectivity index (χ4n) is 3.73. The Morgan fingerprint density at radius 1 is 1.23 bits per heavy atom. The Kier molecular flexibility index (Phi) is 16.4. The number of aromatic nitrogens is 2. The highest BCUT2D eigenvalue weighted by Gasteiger charge is 2.34. The standard InChI is InChI=1S/C28H51BrN4O4SSi/c1-9-11-15-18-30-26(35)24-25(33(27(29)31-24)21-37-19-20-39(6,7)8)23(32-38(36)28(3,4)5)17-14-12-13-16-22(34)10-2/h9,23,32H,1,10-21H2,2-8H3,(H,30,35)/t23-,38?/m0/s1. The molecular formula is C28H51BrN4O4SSi. The van der Waals surface area contributed by atoms with Crippen molar-refractivity contribution in [1.29, 1.82) is 0 Å². The lowest BCUT2D eigenvalue weighted by atomic mass is 10.0. The molecule has 0 fully saturated rings. The van der Waals surface area contributed by atoms with Gasteiger partial charge in [-0.3, -0.25) is 14.2 Å². The molecule has 1 heterocycles. The number of carbonyl (C=O) groups is 2. The van der Waals surface area contributed by atoms with E-state index in [1.807, 2.05) is 38.3 Å². The van der Waals surface area contributed by atoms with E-state index in [0.29, 0.717) is 48.5 Å². The molecule has 8 nitrogen and oxygen atoms in total. The van der Waals surface area contributed by atoms with Gasteiger partial charge in [-0.05, 0) is 68.4 Å². The van der Waals surface area contributed by atoms with E-state index in [2.05, 4.69) is 57.2 Å². The van der Waals surface area contributed by atoms with Crippen molar-refractivity contribution in [2.45, 2.75) is 122 Å². The van der Waals surface area contributed by atoms with E-state index in [0.717, 1.165) is 38.1 Å². The van der Waals surface area contributed by atoms with E-state index in [1.54, 1.807) is 0 Å². The van der Waals surface area contributed by atoms with Crippen molar-refractivity contribution in [2.75, 3.05) is 13.2 Å². The van der Waals surface area contributed by atoms with Crippen molar-refractivity contribution in [3.05, 3.63) is 28.8 Å². The van der Waals surface area contributed by atoms with E-state index in [4.69, 9.17) is 4.74 Å². The molecule has 0 aliphatic carbocycles. The molecule has 0 spiro atoms. The number of imidazole rings is 1. The van der Waals surface area contributed by atoms with Crippen molar-refractivity contribution >= 4 is 47.1 Å². The maximum absolute atomic E-state index is 13.3. The van der Waals surface area contributed by atoms with Crippen molar-refractivity contribution in [2.24, 2.45) is 0 Å². The number of ether oxygens (including phenoxy) is 1. The number of hydrogen-bond acceptors (Lipinski definition) is 6. The zero-order chi connectivity index (χ0) is 29.6. The molecule has 2 N–H and O–H groups in total. The van der Waals surface area contributed by atoms with Crippen LogP contribution in [0.1, 0.15) is 101 Å². The van der Waals surface area contributed by atoms with Crippen LogP contribution in [0.3, 0.4) is 0 Å². The van der Waals surface area contributed by atoms with Crippen LogP contribution >= 0.6 is 15.9 Å². The summed E-state index contributed by atoms with van der Waals surface area (Å²) in [6.45, 7) is 19.7. The van der Waals surface area contributed by atoms with Gasteiger partial charge in [0.2, 0.25) is 0 Å². The van der Waals surface area contributed by atoms with Gasteiger partial charge in [0.15, 0.2) is 10.4 Å². The minimum atomic E-state index is -1.37. The van der Waals surface area contributed by atoms with Crippen LogP contribution in [0.4, 0.5) is 0 Å². The number of hydrogen-bond donors (Lipinski definition) is 2. The number of allylic oxidation sites excluding steroid dienone is 1. The van der Waals surface area contributed by atoms with Gasteiger partial charge in [-0.25, -0.2) is 4.98 Å². The Labute approximate surface area is 249 Å². The molecule has 224 valence electrons. The Morgan fingerprint density at radius 3 is 2.51 bits per heavy atom. The van der Waals surface area contributed by atoms with Gasteiger partial charge in [0.1, 0.15) is 17.3 Å². The van der Waals surface area contributed by atoms with E-state index in [1.165, 1.54) is 0 Å². The number of nitrogens with one attached hydrogen (secondary N) is 2. The van der Waals surface area contributed by atoms with E-state index < -0.39 is 24.2 Å². The molecule has 11 heteroatoms. The minimum absolute atomic E-state index is 0.239. The molecule has 0 saturated heterocycles. The first-order chi connectivity index (χ1) is 18.2. The number of amides is 1. The van der Waals surface area contributed by atoms with Gasteiger partial charge in [0.05, 0.1) is 11.7 Å². The first-order valence-corrected chi connectivity index (χ1v) is 19.8. The SMILES string of the molecule is C=CCCCNC(=O)c1nc(Br)n(COCC[Si](C)(C)C)c1[C@H](CCCCCC(=O)CC)N[S+]([O-])C(C)(C)C. The summed E-state index contributed by atoms with van der Waals surface area (Å²) in [4.78, 5) is 29.7. The van der Waals surface area contributed by atoms with Crippen LogP contribution in [0.2, 0.25) is 25.7 Å². The van der Waals surface area contributed by atoms with Gasteiger partial charge in [-0.15, -0.1) is 11.3 Å². The molecule has 1 aromatic heterocycles. The van der Waals surface area contributed by atoms with Gasteiger partial charge in [0, 0.05) is 45.4 Å². The van der Waals surface area contributed by atoms with Gasteiger partial charge >= 0.3 is 0 Å². The fourth-order valence-corrected chi connectivity index (χ4v) is 5.80. The molecular weight excluding hydrogens is 596 g/mol. The lowest BCUT2D eigenvalue weighted by molar-refractivity contribution is -0.118. The molecule has 0 bridgehead atoms. The van der Waals surface area contributed by atoms with Crippen molar-refractivity contribution in [3.8, 4) is 0 Å². The fraction of sp³-hybridized carbons (Fsp3) is 0.750. The number of halogens is 1. The van der Waals surface area contributed by atoms with Crippen LogP contribution in [0.5, 0.6) is 0 Å². The first kappa shape index (κ1) is 36.0. The summed E-state index contributed by atoms with van der Waals surface area (Å²) in [5.74, 6) is 0.00360. The summed E-state index contributed by atoms with van der Waals surface area (Å²) in [7, 11) is -1.27. The monoisotopic (exact) mass is 646 g/mol. The lowest BCUT2D eigenvalue weighted by Crippen LogP contribution is -2.42. The van der Waals surface area contributed by atoms with Gasteiger partial charge < -0.3 is 14.6 Å². The van der Waals surface area contributed by atoms with Gasteiger partial charge in [-0.2, -0.15) is 0 Å². The third-order valence-corrected chi connectivity index (χ3v) is 10.2. The van der Waals surface area contributed by atoms with Gasteiger partial charge in [0.25, 0.3) is 5.91 Å². The van der Waals surface area contributed by atoms with Crippen LogP contribution in [-0.4, -0.2) is 51.8 Å². The van der Waals surface area contributed by atoms with E-state index >= 15 is 0 Å². The molecule has 0 aromatic carbocycles. The number of carbonyl (C=O) groups excluding carboxylic acids is 2. The Morgan fingerprint density at radius 2 is 1.92 bits per heavy atom. The number of rotatable bonds is 20. The molecule has 1 aromatic rings. The Bertz CT molecular complexity index is 915. The third kappa shape index (κ3) is 14.0. The summed E-state index contributed by atoms with van der Waals surface area (Å²) in [6, 6.07) is 0.637. The lowest BCUT2D eigenvalue weighted by Gasteiger charge is -2.29. The minimum Gasteiger partial charge on any atom is -0.598 e. The zero-order valence-corrected chi connectivity index (χ0v) is 28.6. The molecule has 0 aliphatic rings. The van der Waals surface area contributed by atoms with Crippen LogP contribution in [0, 0.1) is 0 Å². The average Bonchev–Trinajstić information content (AvgIpc) is 3.17. The van der Waals surface area contributed by atoms with Crippen LogP contribution in [0.25, 0.3) is 0 Å². The summed E-state index contributed by atoms with van der Waals surface area (Å²) in [5.41, 5.74) is 0.970. The predicted octanol–water partition coefficient (Wildman–Crippen LogP) is 6.68. The summed E-state index contributed by atoms with van der Waals surface area (Å²) >= 11 is 2.19. The molecule has 0 radical (unpaired) electrons. The zero-order valence-electron chi connectivity index (χ0n) is 25.2. The molecule has 39 heavy (non-hydrogen) atoms. The van der Waals surface area contributed by atoms with Crippen molar-refractivity contribution in [3.63, 3.8) is 0 Å². The maximum atomic E-state index is 13.3. The molecule has 1 rings (SSSR count). The molecule has 1 unspecified atom stereocenters. The quantitative estimate of drug-likeness (QED) is 0.0708. The highest BCUT2D eigenvalue weighted by molar-refractivity contribution is 9.10. The molecule has 0 aliphatic heterocycles. The second-order valence-electron chi connectivity index (χ2n) is 12.1. The molecule has 1 amide bonds. The second kappa shape index (κ2) is 17.7.